The van der Waals surface area contributed by atoms with E-state index >= 15 is 0 Å². The number of benzene rings is 2. The highest BCUT2D eigenvalue weighted by Crippen LogP contribution is 2.38. The zero-order valence-corrected chi connectivity index (χ0v) is 16.1. The van der Waals surface area contributed by atoms with Crippen LogP contribution >= 0.6 is 0 Å². The van der Waals surface area contributed by atoms with Crippen LogP contribution in [0, 0.1) is 13.8 Å². The molecular formula is C20H24N2O3S. The molecule has 1 saturated heterocycles. The third-order valence-electron chi connectivity index (χ3n) is 4.67. The van der Waals surface area contributed by atoms with Crippen LogP contribution in [0.25, 0.3) is 0 Å². The van der Waals surface area contributed by atoms with Gasteiger partial charge in [-0.1, -0.05) is 35.9 Å². The summed E-state index contributed by atoms with van der Waals surface area (Å²) in [5.41, 5.74) is 3.29. The highest BCUT2D eigenvalue weighted by atomic mass is 32.2. The average Bonchev–Trinajstić information content (AvgIpc) is 3.06. The molecule has 138 valence electrons. The first-order chi connectivity index (χ1) is 12.3. The number of aryl methyl sites for hydroxylation is 2. The standard InChI is InChI=1S/C20H24N2O3S/c1-14-6-4-7-17(12-14)19-8-5-11-22(19)26(24,25)20-13-15(2)9-10-18(20)21-16(3)23/h4,6-7,9-10,12-13,19H,5,8,11H2,1-3H3,(H,21,23)/t19-/m1/s1. The summed E-state index contributed by atoms with van der Waals surface area (Å²) >= 11 is 0. The summed E-state index contributed by atoms with van der Waals surface area (Å²) in [5, 5.41) is 2.65. The quantitative estimate of drug-likeness (QED) is 0.888. The molecule has 0 unspecified atom stereocenters. The Morgan fingerprint density at radius 1 is 1.12 bits per heavy atom. The van der Waals surface area contributed by atoms with Crippen LogP contribution in [-0.2, 0) is 14.8 Å². The molecule has 1 N–H and O–H groups in total. The van der Waals surface area contributed by atoms with Crippen LogP contribution in [0.5, 0.6) is 0 Å². The van der Waals surface area contributed by atoms with Crippen molar-refractivity contribution in [3.8, 4) is 0 Å². The predicted octanol–water partition coefficient (Wildman–Crippen LogP) is 3.79. The monoisotopic (exact) mass is 372 g/mol. The Hall–Kier alpha value is -2.18. The maximum Gasteiger partial charge on any atom is 0.245 e. The first kappa shape index (κ1) is 18.6. The second-order valence-corrected chi connectivity index (χ2v) is 8.73. The van der Waals surface area contributed by atoms with E-state index in [1.54, 1.807) is 22.5 Å². The van der Waals surface area contributed by atoms with Gasteiger partial charge in [-0.25, -0.2) is 8.42 Å². The van der Waals surface area contributed by atoms with E-state index in [4.69, 9.17) is 0 Å². The Labute approximate surface area is 155 Å². The third-order valence-corrected chi connectivity index (χ3v) is 6.61. The van der Waals surface area contributed by atoms with Crippen molar-refractivity contribution in [2.24, 2.45) is 0 Å². The van der Waals surface area contributed by atoms with Crippen LogP contribution in [0.3, 0.4) is 0 Å². The molecule has 0 aliphatic carbocycles. The molecule has 5 nitrogen and oxygen atoms in total. The molecule has 0 radical (unpaired) electrons. The smallest absolute Gasteiger partial charge is 0.245 e. The van der Waals surface area contributed by atoms with E-state index < -0.39 is 10.0 Å². The van der Waals surface area contributed by atoms with Crippen LogP contribution < -0.4 is 5.32 Å². The lowest BCUT2D eigenvalue weighted by Crippen LogP contribution is -2.31. The Bertz CT molecular complexity index is 938. The normalized spacial score (nSPS) is 18.0. The molecule has 1 aliphatic heterocycles. The van der Waals surface area contributed by atoms with Crippen molar-refractivity contribution in [3.63, 3.8) is 0 Å². The topological polar surface area (TPSA) is 66.5 Å². The molecule has 2 aromatic carbocycles. The number of hydrogen-bond acceptors (Lipinski definition) is 3. The number of carbonyl (C=O) groups is 1. The summed E-state index contributed by atoms with van der Waals surface area (Å²) in [5.74, 6) is -0.290. The summed E-state index contributed by atoms with van der Waals surface area (Å²) in [7, 11) is -3.73. The molecule has 0 spiro atoms. The maximum absolute atomic E-state index is 13.4. The van der Waals surface area contributed by atoms with Crippen molar-refractivity contribution in [3.05, 3.63) is 59.2 Å². The maximum atomic E-state index is 13.4. The Morgan fingerprint density at radius 3 is 2.54 bits per heavy atom. The van der Waals surface area contributed by atoms with E-state index in [9.17, 15) is 13.2 Å². The van der Waals surface area contributed by atoms with Crippen molar-refractivity contribution in [1.29, 1.82) is 0 Å². The first-order valence-electron chi connectivity index (χ1n) is 8.75. The molecule has 0 aromatic heterocycles. The Kier molecular flexibility index (Phi) is 5.16. The molecule has 1 amide bonds. The van der Waals surface area contributed by atoms with Gasteiger partial charge in [-0.15, -0.1) is 0 Å². The minimum atomic E-state index is -3.73. The largest absolute Gasteiger partial charge is 0.325 e. The Balaban J connectivity index is 2.05. The minimum absolute atomic E-state index is 0.159. The fourth-order valence-corrected chi connectivity index (χ4v) is 5.42. The average molecular weight is 372 g/mol. The van der Waals surface area contributed by atoms with Gasteiger partial charge in [0.2, 0.25) is 15.9 Å². The van der Waals surface area contributed by atoms with Crippen LogP contribution in [0.1, 0.15) is 42.5 Å². The number of nitrogens with one attached hydrogen (secondary N) is 1. The van der Waals surface area contributed by atoms with Gasteiger partial charge in [-0.2, -0.15) is 4.31 Å². The van der Waals surface area contributed by atoms with Crippen LogP contribution in [-0.4, -0.2) is 25.2 Å². The zero-order valence-electron chi connectivity index (χ0n) is 15.3. The second-order valence-electron chi connectivity index (χ2n) is 6.87. The molecule has 0 bridgehead atoms. The molecule has 26 heavy (non-hydrogen) atoms. The molecule has 1 aliphatic rings. The van der Waals surface area contributed by atoms with Crippen molar-refractivity contribution >= 4 is 21.6 Å². The number of carbonyl (C=O) groups excluding carboxylic acids is 1. The zero-order chi connectivity index (χ0) is 18.9. The minimum Gasteiger partial charge on any atom is -0.325 e. The van der Waals surface area contributed by atoms with Gasteiger partial charge >= 0.3 is 0 Å². The fourth-order valence-electron chi connectivity index (χ4n) is 3.50. The van der Waals surface area contributed by atoms with Gasteiger partial charge in [0.25, 0.3) is 0 Å². The summed E-state index contributed by atoms with van der Waals surface area (Å²) in [6, 6.07) is 12.9. The van der Waals surface area contributed by atoms with Gasteiger partial charge in [-0.3, -0.25) is 4.79 Å². The molecular weight excluding hydrogens is 348 g/mol. The van der Waals surface area contributed by atoms with Crippen LogP contribution in [0.2, 0.25) is 0 Å². The predicted molar refractivity (Wildman–Crippen MR) is 103 cm³/mol. The number of sulfonamides is 1. The van der Waals surface area contributed by atoms with E-state index in [1.807, 2.05) is 38.1 Å². The van der Waals surface area contributed by atoms with Crippen molar-refractivity contribution in [2.75, 3.05) is 11.9 Å². The first-order valence-corrected chi connectivity index (χ1v) is 10.2. The molecule has 6 heteroatoms. The van der Waals surface area contributed by atoms with E-state index in [1.165, 1.54) is 6.92 Å². The van der Waals surface area contributed by atoms with Crippen molar-refractivity contribution in [2.45, 2.75) is 44.6 Å². The van der Waals surface area contributed by atoms with E-state index in [0.717, 1.165) is 29.5 Å². The molecule has 3 rings (SSSR count). The van der Waals surface area contributed by atoms with Crippen molar-refractivity contribution < 1.29 is 13.2 Å². The van der Waals surface area contributed by atoms with E-state index in [0.29, 0.717) is 12.2 Å². The van der Waals surface area contributed by atoms with Gasteiger partial charge in [0.05, 0.1) is 11.7 Å². The van der Waals surface area contributed by atoms with Crippen LogP contribution in [0.4, 0.5) is 5.69 Å². The van der Waals surface area contributed by atoms with E-state index in [2.05, 4.69) is 5.32 Å². The lowest BCUT2D eigenvalue weighted by atomic mass is 10.0. The van der Waals surface area contributed by atoms with Gasteiger partial charge in [-0.05, 0) is 49.9 Å². The van der Waals surface area contributed by atoms with Crippen molar-refractivity contribution in [1.82, 2.24) is 4.31 Å². The summed E-state index contributed by atoms with van der Waals surface area (Å²) in [6.45, 7) is 5.71. The number of rotatable bonds is 4. The lowest BCUT2D eigenvalue weighted by Gasteiger charge is -2.26. The third kappa shape index (κ3) is 3.66. The molecule has 1 fully saturated rings. The van der Waals surface area contributed by atoms with Gasteiger partial charge in [0.1, 0.15) is 4.90 Å². The van der Waals surface area contributed by atoms with Gasteiger partial charge < -0.3 is 5.32 Å². The van der Waals surface area contributed by atoms with Gasteiger partial charge in [0.15, 0.2) is 0 Å². The van der Waals surface area contributed by atoms with E-state index in [-0.39, 0.29) is 16.8 Å². The highest BCUT2D eigenvalue weighted by molar-refractivity contribution is 7.89. The molecule has 0 saturated carbocycles. The Morgan fingerprint density at radius 2 is 1.85 bits per heavy atom. The number of hydrogen-bond donors (Lipinski definition) is 1. The SMILES string of the molecule is CC(=O)Nc1ccc(C)cc1S(=O)(=O)N1CCC[C@@H]1c1cccc(C)c1. The lowest BCUT2D eigenvalue weighted by molar-refractivity contribution is -0.114. The van der Waals surface area contributed by atoms with Crippen LogP contribution in [0.15, 0.2) is 47.4 Å². The second kappa shape index (κ2) is 7.21. The molecule has 1 atom stereocenters. The molecule has 2 aromatic rings. The fraction of sp³-hybridized carbons (Fsp3) is 0.350. The van der Waals surface area contributed by atoms with Gasteiger partial charge in [0, 0.05) is 13.5 Å². The molecule has 1 heterocycles. The number of anilines is 1. The number of nitrogens with zero attached hydrogens (tertiary/aromatic N) is 1. The summed E-state index contributed by atoms with van der Waals surface area (Å²) < 4.78 is 28.4. The summed E-state index contributed by atoms with van der Waals surface area (Å²) in [4.78, 5) is 11.7. The number of amides is 1. The summed E-state index contributed by atoms with van der Waals surface area (Å²) in [6.07, 6.45) is 1.61. The highest BCUT2D eigenvalue weighted by Gasteiger charge is 2.37.